The SMILES string of the molecule is O=C(c1ccccc1)[C@H]([C@H]1CCCC[C@@H]1O)P(=O)(c1ccccc1)c1ccccc1. The first-order valence-electron chi connectivity index (χ1n) is 10.6. The Labute approximate surface area is 178 Å². The summed E-state index contributed by atoms with van der Waals surface area (Å²) in [6.45, 7) is 0. The molecule has 0 unspecified atom stereocenters. The number of Topliss-reactive ketones (excluding diaryl/α,β-unsaturated/α-hetero) is 1. The lowest BCUT2D eigenvalue weighted by atomic mass is 9.82. The largest absolute Gasteiger partial charge is 0.393 e. The molecule has 0 aromatic heterocycles. The molecular weight excluding hydrogens is 391 g/mol. The first-order chi connectivity index (χ1) is 14.6. The Morgan fingerprint density at radius 1 is 0.767 bits per heavy atom. The van der Waals surface area contributed by atoms with Crippen molar-refractivity contribution in [3.63, 3.8) is 0 Å². The second-order valence-corrected chi connectivity index (χ2v) is 10.9. The lowest BCUT2D eigenvalue weighted by Gasteiger charge is -2.38. The zero-order valence-electron chi connectivity index (χ0n) is 16.9. The third kappa shape index (κ3) is 3.93. The van der Waals surface area contributed by atoms with Crippen LogP contribution in [0.3, 0.4) is 0 Å². The van der Waals surface area contributed by atoms with Crippen molar-refractivity contribution in [1.82, 2.24) is 0 Å². The molecule has 1 aliphatic carbocycles. The summed E-state index contributed by atoms with van der Waals surface area (Å²) in [4.78, 5) is 13.9. The summed E-state index contributed by atoms with van der Waals surface area (Å²) in [5, 5.41) is 12.3. The molecule has 3 aromatic carbocycles. The number of aliphatic hydroxyl groups excluding tert-OH is 1. The van der Waals surface area contributed by atoms with E-state index in [1.807, 2.05) is 78.9 Å². The van der Waals surface area contributed by atoms with Crippen molar-refractivity contribution in [3.8, 4) is 0 Å². The second-order valence-electron chi connectivity index (χ2n) is 8.02. The number of hydrogen-bond donors (Lipinski definition) is 1. The van der Waals surface area contributed by atoms with Gasteiger partial charge in [0.1, 0.15) is 0 Å². The normalized spacial score (nSPS) is 20.4. The third-order valence-electron chi connectivity index (χ3n) is 6.19. The van der Waals surface area contributed by atoms with E-state index in [2.05, 4.69) is 0 Å². The van der Waals surface area contributed by atoms with Crippen LogP contribution in [-0.2, 0) is 4.57 Å². The average Bonchev–Trinajstić information content (AvgIpc) is 2.82. The molecule has 4 rings (SSSR count). The third-order valence-corrected chi connectivity index (χ3v) is 9.72. The van der Waals surface area contributed by atoms with Gasteiger partial charge < -0.3 is 9.67 Å². The maximum Gasteiger partial charge on any atom is 0.174 e. The fourth-order valence-electron chi connectivity index (χ4n) is 4.68. The zero-order valence-corrected chi connectivity index (χ0v) is 17.8. The molecule has 0 amide bonds. The number of benzene rings is 3. The molecular formula is C26H27O3P. The summed E-state index contributed by atoms with van der Waals surface area (Å²) in [6.07, 6.45) is 2.59. The fourth-order valence-corrected chi connectivity index (χ4v) is 8.22. The Bertz CT molecular complexity index is 974. The summed E-state index contributed by atoms with van der Waals surface area (Å²) < 4.78 is 15.0. The number of hydrogen-bond acceptors (Lipinski definition) is 3. The molecule has 30 heavy (non-hydrogen) atoms. The van der Waals surface area contributed by atoms with Crippen LogP contribution in [-0.4, -0.2) is 22.7 Å². The van der Waals surface area contributed by atoms with Gasteiger partial charge in [-0.1, -0.05) is 104 Å². The Balaban J connectivity index is 1.94. The number of carbonyl (C=O) groups excluding carboxylic acids is 1. The van der Waals surface area contributed by atoms with E-state index < -0.39 is 18.9 Å². The highest BCUT2D eigenvalue weighted by Gasteiger charge is 2.48. The number of carbonyl (C=O) groups is 1. The maximum atomic E-state index is 15.0. The lowest BCUT2D eigenvalue weighted by molar-refractivity contribution is 0.0598. The van der Waals surface area contributed by atoms with Crippen molar-refractivity contribution < 1.29 is 14.5 Å². The average molecular weight is 418 g/mol. The first-order valence-corrected chi connectivity index (χ1v) is 12.4. The van der Waals surface area contributed by atoms with E-state index in [1.165, 1.54) is 0 Å². The van der Waals surface area contributed by atoms with Crippen LogP contribution in [0.2, 0.25) is 0 Å². The van der Waals surface area contributed by atoms with Crippen molar-refractivity contribution in [2.75, 3.05) is 0 Å². The molecule has 1 fully saturated rings. The summed E-state index contributed by atoms with van der Waals surface area (Å²) in [5.41, 5.74) is -0.243. The molecule has 1 saturated carbocycles. The monoisotopic (exact) mass is 418 g/mol. The number of ketones is 1. The van der Waals surface area contributed by atoms with E-state index >= 15 is 4.57 Å². The van der Waals surface area contributed by atoms with Gasteiger partial charge in [-0.2, -0.15) is 0 Å². The van der Waals surface area contributed by atoms with Gasteiger partial charge in [-0.3, -0.25) is 4.79 Å². The summed E-state index contributed by atoms with van der Waals surface area (Å²) >= 11 is 0. The van der Waals surface area contributed by atoms with Gasteiger partial charge in [-0.05, 0) is 12.8 Å². The van der Waals surface area contributed by atoms with Gasteiger partial charge in [0.05, 0.1) is 11.8 Å². The van der Waals surface area contributed by atoms with Crippen molar-refractivity contribution >= 4 is 23.5 Å². The van der Waals surface area contributed by atoms with Crippen LogP contribution >= 0.6 is 7.14 Å². The molecule has 0 bridgehead atoms. The van der Waals surface area contributed by atoms with Gasteiger partial charge in [0.2, 0.25) is 0 Å². The standard InChI is InChI=1S/C26H27O3P/c27-24-19-11-10-18-23(24)26(25(28)20-12-4-1-5-13-20)30(29,21-14-6-2-7-15-21)22-16-8-3-9-17-22/h1-9,12-17,23-24,26-27H,10-11,18-19H2/t23-,24-,26-/m0/s1. The van der Waals surface area contributed by atoms with E-state index in [0.29, 0.717) is 29.0 Å². The summed E-state index contributed by atoms with van der Waals surface area (Å²) in [5.74, 6) is -0.477. The molecule has 0 saturated heterocycles. The highest BCUT2D eigenvalue weighted by Crippen LogP contribution is 2.55. The molecule has 0 heterocycles. The Morgan fingerprint density at radius 3 is 1.73 bits per heavy atom. The predicted molar refractivity (Wildman–Crippen MR) is 122 cm³/mol. The molecule has 3 atom stereocenters. The van der Waals surface area contributed by atoms with Crippen LogP contribution < -0.4 is 10.6 Å². The minimum absolute atomic E-state index is 0.141. The Hall–Kier alpha value is -2.48. The molecule has 1 aliphatic rings. The molecule has 154 valence electrons. The molecule has 0 aliphatic heterocycles. The topological polar surface area (TPSA) is 54.4 Å². The van der Waals surface area contributed by atoms with Gasteiger partial charge in [0.15, 0.2) is 12.9 Å². The highest BCUT2D eigenvalue weighted by molar-refractivity contribution is 7.80. The molecule has 3 aromatic rings. The minimum Gasteiger partial charge on any atom is -0.393 e. The van der Waals surface area contributed by atoms with Crippen molar-refractivity contribution in [2.45, 2.75) is 37.4 Å². The molecule has 3 nitrogen and oxygen atoms in total. The van der Waals surface area contributed by atoms with E-state index in [1.54, 1.807) is 12.1 Å². The quantitative estimate of drug-likeness (QED) is 0.462. The van der Waals surface area contributed by atoms with E-state index in [0.717, 1.165) is 12.8 Å². The van der Waals surface area contributed by atoms with Crippen LogP contribution in [0.5, 0.6) is 0 Å². The molecule has 0 radical (unpaired) electrons. The maximum absolute atomic E-state index is 15.0. The van der Waals surface area contributed by atoms with Crippen molar-refractivity contribution in [1.29, 1.82) is 0 Å². The van der Waals surface area contributed by atoms with E-state index in [-0.39, 0.29) is 11.7 Å². The zero-order chi connectivity index (χ0) is 21.0. The highest BCUT2D eigenvalue weighted by atomic mass is 31.2. The summed E-state index contributed by atoms with van der Waals surface area (Å²) in [7, 11) is -3.37. The molecule has 0 spiro atoms. The second kappa shape index (κ2) is 9.12. The van der Waals surface area contributed by atoms with Crippen LogP contribution in [0, 0.1) is 5.92 Å². The van der Waals surface area contributed by atoms with E-state index in [4.69, 9.17) is 0 Å². The van der Waals surface area contributed by atoms with Crippen LogP contribution in [0.4, 0.5) is 0 Å². The van der Waals surface area contributed by atoms with E-state index in [9.17, 15) is 9.90 Å². The Kier molecular flexibility index (Phi) is 6.32. The minimum atomic E-state index is -3.37. The lowest BCUT2D eigenvalue weighted by Crippen LogP contribution is -2.43. The number of rotatable bonds is 6. The number of aliphatic hydroxyl groups is 1. The van der Waals surface area contributed by atoms with Gasteiger partial charge in [0, 0.05) is 22.1 Å². The van der Waals surface area contributed by atoms with Crippen LogP contribution in [0.15, 0.2) is 91.0 Å². The first kappa shape index (κ1) is 20.8. The Morgan fingerprint density at radius 2 is 1.23 bits per heavy atom. The van der Waals surface area contributed by atoms with Crippen molar-refractivity contribution in [3.05, 3.63) is 96.6 Å². The molecule has 4 heteroatoms. The van der Waals surface area contributed by atoms with Gasteiger partial charge in [-0.25, -0.2) is 0 Å². The fraction of sp³-hybridized carbons (Fsp3) is 0.269. The summed E-state index contributed by atoms with van der Waals surface area (Å²) in [6, 6.07) is 27.8. The van der Waals surface area contributed by atoms with Gasteiger partial charge in [-0.15, -0.1) is 0 Å². The predicted octanol–water partition coefficient (Wildman–Crippen LogP) is 4.80. The van der Waals surface area contributed by atoms with Crippen molar-refractivity contribution in [2.24, 2.45) is 5.92 Å². The van der Waals surface area contributed by atoms with Crippen LogP contribution in [0.25, 0.3) is 0 Å². The molecule has 1 N–H and O–H groups in total. The van der Waals surface area contributed by atoms with Crippen LogP contribution in [0.1, 0.15) is 36.0 Å². The van der Waals surface area contributed by atoms with Gasteiger partial charge >= 0.3 is 0 Å². The smallest absolute Gasteiger partial charge is 0.174 e. The van der Waals surface area contributed by atoms with Gasteiger partial charge in [0.25, 0.3) is 0 Å².